The fourth-order valence-electron chi connectivity index (χ4n) is 3.59. The fraction of sp³-hybridized carbons (Fsp3) is 0.240. The average molecular weight is 501 g/mol. The van der Waals surface area contributed by atoms with Gasteiger partial charge in [0.2, 0.25) is 10.0 Å². The normalized spacial score (nSPS) is 15.3. The molecule has 10 heteroatoms. The molecular weight excluding hydrogens is 475 g/mol. The van der Waals surface area contributed by atoms with Crippen LogP contribution in [0.25, 0.3) is 0 Å². The van der Waals surface area contributed by atoms with Gasteiger partial charge in [0.1, 0.15) is 22.9 Å². The standard InChI is InChI=1S/C25H25FN2O6S/c26-20-6-8-21(9-7-20)34-22-10-12-23(13-11-22)35(30,31)28-25(14-16-32-17-15-25)24(29)27-33-18-19-4-2-1-3-5-19/h1-13,28H,14-18H2,(H,27,29). The van der Waals surface area contributed by atoms with Gasteiger partial charge in [0.05, 0.1) is 11.5 Å². The molecule has 0 atom stereocenters. The third kappa shape index (κ3) is 6.43. The number of benzene rings is 3. The van der Waals surface area contributed by atoms with Crippen molar-refractivity contribution in [2.75, 3.05) is 13.2 Å². The Balaban J connectivity index is 1.44. The molecule has 1 aliphatic rings. The second-order valence-electron chi connectivity index (χ2n) is 8.03. The summed E-state index contributed by atoms with van der Waals surface area (Å²) in [6.07, 6.45) is 0.303. The summed E-state index contributed by atoms with van der Waals surface area (Å²) in [5.41, 5.74) is 1.83. The second kappa shape index (κ2) is 11.0. The molecule has 2 N–H and O–H groups in total. The molecule has 1 heterocycles. The van der Waals surface area contributed by atoms with Crippen LogP contribution in [0.5, 0.6) is 11.5 Å². The number of halogens is 1. The van der Waals surface area contributed by atoms with E-state index in [1.54, 1.807) is 0 Å². The molecule has 3 aromatic carbocycles. The highest BCUT2D eigenvalue weighted by Crippen LogP contribution is 2.27. The van der Waals surface area contributed by atoms with Crippen molar-refractivity contribution in [3.8, 4) is 11.5 Å². The van der Waals surface area contributed by atoms with E-state index in [2.05, 4.69) is 10.2 Å². The summed E-state index contributed by atoms with van der Waals surface area (Å²) in [5, 5.41) is 0. The van der Waals surface area contributed by atoms with Crippen LogP contribution in [0.4, 0.5) is 4.39 Å². The topological polar surface area (TPSA) is 103 Å². The molecular formula is C25H25FN2O6S. The molecule has 1 amide bonds. The molecule has 0 bridgehead atoms. The summed E-state index contributed by atoms with van der Waals surface area (Å²) in [4.78, 5) is 18.3. The number of rotatable bonds is 9. The van der Waals surface area contributed by atoms with Crippen LogP contribution in [0.2, 0.25) is 0 Å². The number of ether oxygens (including phenoxy) is 2. The van der Waals surface area contributed by atoms with Crippen molar-refractivity contribution in [2.24, 2.45) is 0 Å². The first kappa shape index (κ1) is 24.8. The van der Waals surface area contributed by atoms with Crippen molar-refractivity contribution < 1.29 is 31.9 Å². The summed E-state index contributed by atoms with van der Waals surface area (Å²) in [7, 11) is -4.06. The van der Waals surface area contributed by atoms with Crippen LogP contribution in [0.3, 0.4) is 0 Å². The van der Waals surface area contributed by atoms with E-state index in [1.807, 2.05) is 30.3 Å². The van der Waals surface area contributed by atoms with E-state index in [9.17, 15) is 17.6 Å². The van der Waals surface area contributed by atoms with E-state index in [4.69, 9.17) is 14.3 Å². The number of hydrogen-bond acceptors (Lipinski definition) is 6. The van der Waals surface area contributed by atoms with E-state index in [1.165, 1.54) is 48.5 Å². The Bertz CT molecular complexity index is 1230. The molecule has 1 fully saturated rings. The number of nitrogens with one attached hydrogen (secondary N) is 2. The number of hydroxylamine groups is 1. The number of hydrogen-bond donors (Lipinski definition) is 2. The van der Waals surface area contributed by atoms with Crippen LogP contribution in [0.1, 0.15) is 18.4 Å². The molecule has 8 nitrogen and oxygen atoms in total. The van der Waals surface area contributed by atoms with Gasteiger partial charge < -0.3 is 9.47 Å². The smallest absolute Gasteiger partial charge is 0.265 e. The van der Waals surface area contributed by atoms with E-state index in [0.29, 0.717) is 11.5 Å². The largest absolute Gasteiger partial charge is 0.457 e. The molecule has 184 valence electrons. The lowest BCUT2D eigenvalue weighted by Gasteiger charge is -2.35. The molecule has 0 radical (unpaired) electrons. The lowest BCUT2D eigenvalue weighted by atomic mass is 9.91. The minimum absolute atomic E-state index is 0.0344. The van der Waals surface area contributed by atoms with E-state index in [0.717, 1.165) is 5.56 Å². The Morgan fingerprint density at radius 2 is 1.51 bits per heavy atom. The Hall–Kier alpha value is -3.31. The van der Waals surface area contributed by atoms with Crippen LogP contribution < -0.4 is 14.9 Å². The molecule has 1 aliphatic heterocycles. The first-order chi connectivity index (χ1) is 16.9. The number of sulfonamides is 1. The molecule has 0 aromatic heterocycles. The van der Waals surface area contributed by atoms with Crippen molar-refractivity contribution in [3.05, 3.63) is 90.2 Å². The van der Waals surface area contributed by atoms with E-state index in [-0.39, 0.29) is 43.4 Å². The maximum Gasteiger partial charge on any atom is 0.265 e. The van der Waals surface area contributed by atoms with Crippen molar-refractivity contribution >= 4 is 15.9 Å². The van der Waals surface area contributed by atoms with Crippen LogP contribution in [-0.2, 0) is 31.0 Å². The maximum absolute atomic E-state index is 13.2. The summed E-state index contributed by atoms with van der Waals surface area (Å²) >= 11 is 0. The molecule has 0 spiro atoms. The van der Waals surface area contributed by atoms with Crippen LogP contribution >= 0.6 is 0 Å². The zero-order valence-corrected chi connectivity index (χ0v) is 19.6. The molecule has 3 aromatic rings. The third-order valence-corrected chi connectivity index (χ3v) is 7.09. The summed E-state index contributed by atoms with van der Waals surface area (Å²) < 4.78 is 52.9. The van der Waals surface area contributed by atoms with Gasteiger partial charge in [0, 0.05) is 13.2 Å². The van der Waals surface area contributed by atoms with Gasteiger partial charge in [-0.1, -0.05) is 30.3 Å². The van der Waals surface area contributed by atoms with Crippen molar-refractivity contribution in [2.45, 2.75) is 29.9 Å². The zero-order chi connectivity index (χ0) is 24.7. The van der Waals surface area contributed by atoms with Gasteiger partial charge in [0.25, 0.3) is 5.91 Å². The monoisotopic (exact) mass is 500 g/mol. The highest BCUT2D eigenvalue weighted by molar-refractivity contribution is 7.89. The number of carbonyl (C=O) groups is 1. The minimum Gasteiger partial charge on any atom is -0.457 e. The van der Waals surface area contributed by atoms with Crippen LogP contribution in [0.15, 0.2) is 83.8 Å². The van der Waals surface area contributed by atoms with Crippen LogP contribution in [0, 0.1) is 5.82 Å². The zero-order valence-electron chi connectivity index (χ0n) is 18.8. The van der Waals surface area contributed by atoms with Crippen LogP contribution in [-0.4, -0.2) is 33.1 Å². The molecule has 35 heavy (non-hydrogen) atoms. The molecule has 0 saturated carbocycles. The second-order valence-corrected chi connectivity index (χ2v) is 9.72. The molecule has 4 rings (SSSR count). The Kier molecular flexibility index (Phi) is 7.76. The highest BCUT2D eigenvalue weighted by Gasteiger charge is 2.44. The maximum atomic E-state index is 13.2. The quantitative estimate of drug-likeness (QED) is 0.435. The molecule has 0 aliphatic carbocycles. The molecule has 0 unspecified atom stereocenters. The predicted octanol–water partition coefficient (Wildman–Crippen LogP) is 3.69. The van der Waals surface area contributed by atoms with Crippen molar-refractivity contribution in [1.82, 2.24) is 10.2 Å². The first-order valence-electron chi connectivity index (χ1n) is 11.0. The van der Waals surface area contributed by atoms with Gasteiger partial charge in [-0.05, 0) is 66.9 Å². The number of amides is 1. The number of carbonyl (C=O) groups excluding carboxylic acids is 1. The summed E-state index contributed by atoms with van der Waals surface area (Å²) in [6, 6.07) is 20.4. The lowest BCUT2D eigenvalue weighted by molar-refractivity contribution is -0.144. The minimum atomic E-state index is -4.06. The summed E-state index contributed by atoms with van der Waals surface area (Å²) in [6.45, 7) is 0.583. The van der Waals surface area contributed by atoms with Gasteiger partial charge in [-0.3, -0.25) is 9.63 Å². The van der Waals surface area contributed by atoms with Gasteiger partial charge in [-0.25, -0.2) is 18.3 Å². The van der Waals surface area contributed by atoms with Gasteiger partial charge in [0.15, 0.2) is 0 Å². The van der Waals surface area contributed by atoms with E-state index >= 15 is 0 Å². The Morgan fingerprint density at radius 1 is 0.914 bits per heavy atom. The van der Waals surface area contributed by atoms with Crippen molar-refractivity contribution in [3.63, 3.8) is 0 Å². The average Bonchev–Trinajstić information content (AvgIpc) is 2.87. The van der Waals surface area contributed by atoms with Gasteiger partial charge >= 0.3 is 0 Å². The third-order valence-electron chi connectivity index (χ3n) is 5.54. The van der Waals surface area contributed by atoms with E-state index < -0.39 is 21.5 Å². The SMILES string of the molecule is O=C(NOCc1ccccc1)C1(NS(=O)(=O)c2ccc(Oc3ccc(F)cc3)cc2)CCOCC1. The molecule has 1 saturated heterocycles. The Labute approximate surface area is 203 Å². The first-order valence-corrected chi connectivity index (χ1v) is 12.5. The fourth-order valence-corrected chi connectivity index (χ4v) is 5.02. The lowest BCUT2D eigenvalue weighted by Crippen LogP contribution is -2.61. The Morgan fingerprint density at radius 3 is 2.14 bits per heavy atom. The van der Waals surface area contributed by atoms with Gasteiger partial charge in [-0.15, -0.1) is 0 Å². The van der Waals surface area contributed by atoms with Crippen molar-refractivity contribution in [1.29, 1.82) is 0 Å². The highest BCUT2D eigenvalue weighted by atomic mass is 32.2. The van der Waals surface area contributed by atoms with Gasteiger partial charge in [-0.2, -0.15) is 4.72 Å². The predicted molar refractivity (Wildman–Crippen MR) is 125 cm³/mol. The summed E-state index contributed by atoms with van der Waals surface area (Å²) in [5.74, 6) is -0.185.